The van der Waals surface area contributed by atoms with E-state index in [0.29, 0.717) is 17.4 Å². The summed E-state index contributed by atoms with van der Waals surface area (Å²) in [4.78, 5) is 25.2. The van der Waals surface area contributed by atoms with E-state index in [9.17, 15) is 28.6 Å². The van der Waals surface area contributed by atoms with Crippen LogP contribution in [0.25, 0.3) is 0 Å². The number of halogens is 2. The minimum absolute atomic E-state index is 0.0582. The number of ether oxygens (including phenoxy) is 2. The molecule has 10 heteroatoms. The van der Waals surface area contributed by atoms with Crippen molar-refractivity contribution in [2.75, 3.05) is 13.7 Å². The number of alkyl carbamates (subject to hydrolysis) is 1. The fourth-order valence-electron chi connectivity index (χ4n) is 3.28. The second kappa shape index (κ2) is 11.6. The zero-order valence-electron chi connectivity index (χ0n) is 19.5. The molecule has 0 saturated carbocycles. The first-order valence-corrected chi connectivity index (χ1v) is 10.6. The van der Waals surface area contributed by atoms with Gasteiger partial charge >= 0.3 is 12.2 Å². The van der Waals surface area contributed by atoms with Gasteiger partial charge in [0.1, 0.15) is 23.0 Å². The summed E-state index contributed by atoms with van der Waals surface area (Å²) in [5.74, 6) is -1.09. The lowest BCUT2D eigenvalue weighted by atomic mass is 10.0. The van der Waals surface area contributed by atoms with Crippen LogP contribution in [0.5, 0.6) is 5.75 Å². The van der Waals surface area contributed by atoms with E-state index in [0.717, 1.165) is 17.0 Å². The van der Waals surface area contributed by atoms with Gasteiger partial charge in [-0.25, -0.2) is 18.4 Å². The third-order valence-electron chi connectivity index (χ3n) is 4.73. The van der Waals surface area contributed by atoms with Crippen LogP contribution in [0.3, 0.4) is 0 Å². The maximum atomic E-state index is 13.7. The first-order chi connectivity index (χ1) is 15.9. The highest BCUT2D eigenvalue weighted by Gasteiger charge is 2.28. The number of hydrogen-bond acceptors (Lipinski definition) is 5. The molecule has 0 aliphatic rings. The van der Waals surface area contributed by atoms with Crippen LogP contribution in [0.15, 0.2) is 42.5 Å². The molecule has 2 rings (SSSR count). The maximum absolute atomic E-state index is 13.7. The highest BCUT2D eigenvalue weighted by Crippen LogP contribution is 2.17. The van der Waals surface area contributed by atoms with E-state index in [4.69, 9.17) is 9.47 Å². The van der Waals surface area contributed by atoms with Crippen LogP contribution < -0.4 is 10.1 Å². The fraction of sp³-hybridized carbons (Fsp3) is 0.417. The lowest BCUT2D eigenvalue weighted by molar-refractivity contribution is 0.0364. The first kappa shape index (κ1) is 26.8. The fourth-order valence-corrected chi connectivity index (χ4v) is 3.28. The highest BCUT2D eigenvalue weighted by molar-refractivity contribution is 5.68. The van der Waals surface area contributed by atoms with Crippen LogP contribution in [0.1, 0.15) is 31.9 Å². The van der Waals surface area contributed by atoms with Crippen molar-refractivity contribution in [2.24, 2.45) is 0 Å². The Hall–Kier alpha value is -3.40. The van der Waals surface area contributed by atoms with Gasteiger partial charge in [0.2, 0.25) is 0 Å². The Bertz CT molecular complexity index is 975. The zero-order chi connectivity index (χ0) is 25.5. The summed E-state index contributed by atoms with van der Waals surface area (Å²) in [6, 6.07) is 8.54. The topological polar surface area (TPSA) is 108 Å². The van der Waals surface area contributed by atoms with Crippen molar-refractivity contribution in [1.29, 1.82) is 0 Å². The van der Waals surface area contributed by atoms with Gasteiger partial charge in [-0.3, -0.25) is 0 Å². The van der Waals surface area contributed by atoms with Crippen LogP contribution in [0.2, 0.25) is 0 Å². The molecule has 0 spiro atoms. The Labute approximate surface area is 197 Å². The molecule has 34 heavy (non-hydrogen) atoms. The summed E-state index contributed by atoms with van der Waals surface area (Å²) in [7, 11) is 1.49. The van der Waals surface area contributed by atoms with Crippen LogP contribution in [0.4, 0.5) is 18.4 Å². The number of nitrogens with one attached hydrogen (secondary N) is 1. The summed E-state index contributed by atoms with van der Waals surface area (Å²) in [5, 5.41) is 23.0. The molecule has 2 aromatic rings. The van der Waals surface area contributed by atoms with Crippen molar-refractivity contribution < 1.29 is 38.1 Å². The number of rotatable bonds is 9. The molecule has 2 amide bonds. The molecule has 0 fully saturated rings. The molecule has 0 aliphatic carbocycles. The van der Waals surface area contributed by atoms with Gasteiger partial charge in [0, 0.05) is 12.6 Å². The molecular formula is C24H30F2N2O6. The van der Waals surface area contributed by atoms with E-state index < -0.39 is 41.6 Å². The lowest BCUT2D eigenvalue weighted by Gasteiger charge is -2.30. The Morgan fingerprint density at radius 1 is 1.09 bits per heavy atom. The molecule has 0 bridgehead atoms. The normalized spacial score (nSPS) is 13.0. The number of carbonyl (C=O) groups is 2. The molecule has 0 aromatic heterocycles. The highest BCUT2D eigenvalue weighted by atomic mass is 19.1. The van der Waals surface area contributed by atoms with E-state index in [1.807, 2.05) is 0 Å². The monoisotopic (exact) mass is 480 g/mol. The minimum Gasteiger partial charge on any atom is -0.497 e. The Kier molecular flexibility index (Phi) is 9.19. The molecule has 186 valence electrons. The summed E-state index contributed by atoms with van der Waals surface area (Å²) in [5.41, 5.74) is -0.0330. The maximum Gasteiger partial charge on any atom is 0.407 e. The quantitative estimate of drug-likeness (QED) is 0.502. The van der Waals surface area contributed by atoms with E-state index in [1.54, 1.807) is 45.0 Å². The standard InChI is InChI=1S/C24H30F2N2O6/c1-24(2,3)34-22(30)27-20(11-16-8-17(25)12-18(26)9-16)21(29)14-28(23(31)32)13-15-6-5-7-19(10-15)33-4/h5-10,12,20-21,29H,11,13-14H2,1-4H3,(H,27,30)(H,31,32). The third kappa shape index (κ3) is 8.86. The second-order valence-electron chi connectivity index (χ2n) is 8.82. The number of carbonyl (C=O) groups excluding carboxylic acids is 1. The van der Waals surface area contributed by atoms with Crippen molar-refractivity contribution in [1.82, 2.24) is 10.2 Å². The molecule has 2 unspecified atom stereocenters. The number of benzene rings is 2. The van der Waals surface area contributed by atoms with Crippen molar-refractivity contribution in [2.45, 2.75) is 51.5 Å². The Balaban J connectivity index is 2.23. The minimum atomic E-state index is -1.42. The second-order valence-corrected chi connectivity index (χ2v) is 8.82. The van der Waals surface area contributed by atoms with E-state index >= 15 is 0 Å². The van der Waals surface area contributed by atoms with Crippen molar-refractivity contribution >= 4 is 12.2 Å². The average molecular weight is 481 g/mol. The summed E-state index contributed by atoms with van der Waals surface area (Å²) in [6.45, 7) is 4.52. The van der Waals surface area contributed by atoms with Crippen LogP contribution in [0, 0.1) is 11.6 Å². The van der Waals surface area contributed by atoms with E-state index in [-0.39, 0.29) is 25.1 Å². The zero-order valence-corrected chi connectivity index (χ0v) is 19.5. The van der Waals surface area contributed by atoms with Gasteiger partial charge in [-0.15, -0.1) is 0 Å². The number of methoxy groups -OCH3 is 1. The molecule has 0 saturated heterocycles. The number of hydrogen-bond donors (Lipinski definition) is 3. The SMILES string of the molecule is COc1cccc(CN(CC(O)C(Cc2cc(F)cc(F)c2)NC(=O)OC(C)(C)C)C(=O)O)c1. The summed E-state index contributed by atoms with van der Waals surface area (Å²) >= 11 is 0. The van der Waals surface area contributed by atoms with Gasteiger partial charge in [-0.1, -0.05) is 12.1 Å². The number of amides is 2. The molecule has 0 aliphatic heterocycles. The van der Waals surface area contributed by atoms with Crippen LogP contribution in [-0.2, 0) is 17.7 Å². The number of carboxylic acid groups (broad SMARTS) is 1. The van der Waals surface area contributed by atoms with E-state index in [2.05, 4.69) is 5.32 Å². The molecule has 8 nitrogen and oxygen atoms in total. The van der Waals surface area contributed by atoms with Gasteiger partial charge in [-0.05, 0) is 62.6 Å². The third-order valence-corrected chi connectivity index (χ3v) is 4.73. The predicted octanol–water partition coefficient (Wildman–Crippen LogP) is 3.95. The van der Waals surface area contributed by atoms with Crippen molar-refractivity contribution in [3.63, 3.8) is 0 Å². The number of aliphatic hydroxyl groups is 1. The average Bonchev–Trinajstić information content (AvgIpc) is 2.70. The Morgan fingerprint density at radius 2 is 1.74 bits per heavy atom. The van der Waals surface area contributed by atoms with Crippen molar-refractivity contribution in [3.05, 3.63) is 65.2 Å². The molecule has 2 aromatic carbocycles. The van der Waals surface area contributed by atoms with Crippen LogP contribution >= 0.6 is 0 Å². The molecule has 0 radical (unpaired) electrons. The molecular weight excluding hydrogens is 450 g/mol. The molecule has 2 atom stereocenters. The van der Waals surface area contributed by atoms with Gasteiger partial charge in [-0.2, -0.15) is 0 Å². The van der Waals surface area contributed by atoms with Gasteiger partial charge in [0.05, 0.1) is 25.8 Å². The van der Waals surface area contributed by atoms with Crippen molar-refractivity contribution in [3.8, 4) is 5.75 Å². The smallest absolute Gasteiger partial charge is 0.407 e. The number of nitrogens with zero attached hydrogens (tertiary/aromatic N) is 1. The first-order valence-electron chi connectivity index (χ1n) is 10.6. The van der Waals surface area contributed by atoms with Gasteiger partial charge in [0.15, 0.2) is 0 Å². The largest absolute Gasteiger partial charge is 0.497 e. The summed E-state index contributed by atoms with van der Waals surface area (Å²) in [6.07, 6.45) is -3.74. The predicted molar refractivity (Wildman–Crippen MR) is 121 cm³/mol. The molecule has 0 heterocycles. The van der Waals surface area contributed by atoms with Crippen LogP contribution in [-0.4, -0.2) is 58.7 Å². The Morgan fingerprint density at radius 3 is 2.29 bits per heavy atom. The van der Waals surface area contributed by atoms with Gasteiger partial charge in [0.25, 0.3) is 0 Å². The number of aliphatic hydroxyl groups excluding tert-OH is 1. The van der Waals surface area contributed by atoms with Gasteiger partial charge < -0.3 is 29.9 Å². The lowest BCUT2D eigenvalue weighted by Crippen LogP contribution is -2.51. The molecule has 3 N–H and O–H groups in total. The summed E-state index contributed by atoms with van der Waals surface area (Å²) < 4.78 is 37.7. The van der Waals surface area contributed by atoms with E-state index in [1.165, 1.54) is 7.11 Å².